The second-order valence-corrected chi connectivity index (χ2v) is 6.82. The summed E-state index contributed by atoms with van der Waals surface area (Å²) in [6.07, 6.45) is 1.19. The van der Waals surface area contributed by atoms with E-state index in [0.717, 1.165) is 16.7 Å². The van der Waals surface area contributed by atoms with Crippen LogP contribution in [0, 0.1) is 0 Å². The van der Waals surface area contributed by atoms with Gasteiger partial charge >= 0.3 is 0 Å². The average molecular weight is 340 g/mol. The van der Waals surface area contributed by atoms with Crippen molar-refractivity contribution in [3.05, 3.63) is 35.9 Å². The molecule has 0 radical (unpaired) electrons. The summed E-state index contributed by atoms with van der Waals surface area (Å²) < 4.78 is 0. The Bertz CT molecular complexity index is 818. The molecule has 1 aromatic carbocycles. The lowest BCUT2D eigenvalue weighted by atomic mass is 10.0. The molecular weight excluding hydrogens is 316 g/mol. The normalized spacial score (nSPS) is 17.7. The maximum atomic E-state index is 13.2. The summed E-state index contributed by atoms with van der Waals surface area (Å²) in [5, 5.41) is 0.852. The number of pyridine rings is 1. The fraction of sp³-hybridized carbons (Fsp3) is 0.421. The first-order valence-corrected chi connectivity index (χ1v) is 8.46. The zero-order valence-corrected chi connectivity index (χ0v) is 15.2. The molecule has 1 aliphatic rings. The molecule has 6 nitrogen and oxygen atoms in total. The molecule has 0 spiro atoms. The van der Waals surface area contributed by atoms with Gasteiger partial charge < -0.3 is 14.7 Å². The maximum Gasteiger partial charge on any atom is 0.254 e. The molecule has 2 amide bonds. The zero-order chi connectivity index (χ0) is 18.1. The number of nitrogens with zero attached hydrogens (tertiary/aromatic N) is 4. The van der Waals surface area contributed by atoms with Crippen LogP contribution in [0.15, 0.2) is 30.3 Å². The number of fused-ring (bicyclic) bond motifs is 1. The van der Waals surface area contributed by atoms with Gasteiger partial charge in [0.2, 0.25) is 5.91 Å². The molecule has 1 aliphatic heterocycles. The summed E-state index contributed by atoms with van der Waals surface area (Å²) in [5.74, 6) is 0.863. The largest absolute Gasteiger partial charge is 0.363 e. The Morgan fingerprint density at radius 3 is 2.64 bits per heavy atom. The fourth-order valence-electron chi connectivity index (χ4n) is 3.23. The van der Waals surface area contributed by atoms with Gasteiger partial charge in [0.05, 0.1) is 11.1 Å². The van der Waals surface area contributed by atoms with Crippen LogP contribution in [-0.2, 0) is 4.79 Å². The average Bonchev–Trinajstić information content (AvgIpc) is 2.61. The van der Waals surface area contributed by atoms with E-state index in [2.05, 4.69) is 4.98 Å². The first-order chi connectivity index (χ1) is 11.9. The van der Waals surface area contributed by atoms with Gasteiger partial charge in [-0.25, -0.2) is 4.98 Å². The highest BCUT2D eigenvalue weighted by atomic mass is 16.2. The number of carbonyl (C=O) groups is 2. The molecule has 25 heavy (non-hydrogen) atoms. The van der Waals surface area contributed by atoms with Gasteiger partial charge in [-0.3, -0.25) is 9.59 Å². The van der Waals surface area contributed by atoms with E-state index in [1.54, 1.807) is 16.8 Å². The summed E-state index contributed by atoms with van der Waals surface area (Å²) in [6.45, 7) is 0.574. The lowest BCUT2D eigenvalue weighted by molar-refractivity contribution is -0.133. The number of benzene rings is 1. The molecular formula is C19H24N4O2. The highest BCUT2D eigenvalue weighted by Gasteiger charge is 2.29. The minimum atomic E-state index is -0.0329. The summed E-state index contributed by atoms with van der Waals surface area (Å²) >= 11 is 0. The van der Waals surface area contributed by atoms with Crippen LogP contribution in [0.2, 0.25) is 0 Å². The minimum absolute atomic E-state index is 0.0323. The molecule has 132 valence electrons. The number of aromatic nitrogens is 1. The van der Waals surface area contributed by atoms with Crippen LogP contribution in [0.25, 0.3) is 10.9 Å². The zero-order valence-electron chi connectivity index (χ0n) is 15.2. The standard InChI is InChI=1S/C19H24N4O2/c1-21(2)17-11-15(14-7-5-6-8-16(14)20-17)19(25)23(4)13-9-10-18(24)22(3)12-13/h5-8,11,13H,9-10,12H2,1-4H3. The third-order valence-corrected chi connectivity index (χ3v) is 4.86. The number of likely N-dealkylation sites (N-methyl/N-ethyl adjacent to an activating group) is 2. The van der Waals surface area contributed by atoms with Crippen molar-refractivity contribution in [1.82, 2.24) is 14.8 Å². The molecule has 0 N–H and O–H groups in total. The van der Waals surface area contributed by atoms with Gasteiger partial charge in [0, 0.05) is 52.6 Å². The van der Waals surface area contributed by atoms with Crippen molar-refractivity contribution in [3.8, 4) is 0 Å². The van der Waals surface area contributed by atoms with Crippen molar-refractivity contribution in [2.75, 3.05) is 39.6 Å². The Balaban J connectivity index is 1.97. The Hall–Kier alpha value is -2.63. The predicted molar refractivity (Wildman–Crippen MR) is 98.8 cm³/mol. The molecule has 1 saturated heterocycles. The van der Waals surface area contributed by atoms with Crippen LogP contribution in [-0.4, -0.2) is 67.4 Å². The van der Waals surface area contributed by atoms with E-state index in [4.69, 9.17) is 0 Å². The first-order valence-electron chi connectivity index (χ1n) is 8.46. The van der Waals surface area contributed by atoms with Gasteiger partial charge in [0.25, 0.3) is 5.91 Å². The molecule has 1 aromatic heterocycles. The molecule has 6 heteroatoms. The fourth-order valence-corrected chi connectivity index (χ4v) is 3.23. The van der Waals surface area contributed by atoms with E-state index in [-0.39, 0.29) is 17.9 Å². The van der Waals surface area contributed by atoms with Gasteiger partial charge in [-0.1, -0.05) is 18.2 Å². The Morgan fingerprint density at radius 1 is 1.24 bits per heavy atom. The van der Waals surface area contributed by atoms with E-state index in [1.165, 1.54) is 0 Å². The molecule has 1 unspecified atom stereocenters. The highest BCUT2D eigenvalue weighted by molar-refractivity contribution is 6.07. The van der Waals surface area contributed by atoms with E-state index in [0.29, 0.717) is 24.9 Å². The second kappa shape index (κ2) is 6.70. The number of anilines is 1. The summed E-state index contributed by atoms with van der Waals surface area (Å²) in [4.78, 5) is 34.9. The molecule has 0 aliphatic carbocycles. The summed E-state index contributed by atoms with van der Waals surface area (Å²) in [7, 11) is 7.44. The van der Waals surface area contributed by atoms with E-state index in [1.807, 2.05) is 56.4 Å². The third kappa shape index (κ3) is 3.29. The highest BCUT2D eigenvalue weighted by Crippen LogP contribution is 2.25. The van der Waals surface area contributed by atoms with Crippen LogP contribution < -0.4 is 4.90 Å². The lowest BCUT2D eigenvalue weighted by Gasteiger charge is -2.35. The van der Waals surface area contributed by atoms with Crippen molar-refractivity contribution >= 4 is 28.5 Å². The van der Waals surface area contributed by atoms with Crippen molar-refractivity contribution in [3.63, 3.8) is 0 Å². The van der Waals surface area contributed by atoms with Gasteiger partial charge in [0.15, 0.2) is 0 Å². The topological polar surface area (TPSA) is 56.8 Å². The van der Waals surface area contributed by atoms with Crippen molar-refractivity contribution in [1.29, 1.82) is 0 Å². The van der Waals surface area contributed by atoms with E-state index >= 15 is 0 Å². The Morgan fingerprint density at radius 2 is 1.96 bits per heavy atom. The number of hydrogen-bond donors (Lipinski definition) is 0. The molecule has 2 heterocycles. The van der Waals surface area contributed by atoms with E-state index < -0.39 is 0 Å². The lowest BCUT2D eigenvalue weighted by Crippen LogP contribution is -2.49. The monoisotopic (exact) mass is 340 g/mol. The summed E-state index contributed by atoms with van der Waals surface area (Å²) in [6, 6.07) is 9.58. The molecule has 1 fully saturated rings. The number of rotatable bonds is 3. The second-order valence-electron chi connectivity index (χ2n) is 6.82. The number of likely N-dealkylation sites (tertiary alicyclic amines) is 1. The Kier molecular flexibility index (Phi) is 4.61. The SMILES string of the molecule is CN1CC(N(C)C(=O)c2cc(N(C)C)nc3ccccc23)CCC1=O. The van der Waals surface area contributed by atoms with Crippen LogP contribution in [0.5, 0.6) is 0 Å². The smallest absolute Gasteiger partial charge is 0.254 e. The van der Waals surface area contributed by atoms with Crippen LogP contribution in [0.1, 0.15) is 23.2 Å². The van der Waals surface area contributed by atoms with Crippen LogP contribution >= 0.6 is 0 Å². The van der Waals surface area contributed by atoms with E-state index in [9.17, 15) is 9.59 Å². The van der Waals surface area contributed by atoms with Crippen LogP contribution in [0.4, 0.5) is 5.82 Å². The molecule has 2 aromatic rings. The van der Waals surface area contributed by atoms with Gasteiger partial charge in [-0.05, 0) is 18.6 Å². The summed E-state index contributed by atoms with van der Waals surface area (Å²) in [5.41, 5.74) is 1.46. The predicted octanol–water partition coefficient (Wildman–Crippen LogP) is 1.99. The molecule has 1 atom stereocenters. The number of carbonyl (C=O) groups excluding carboxylic acids is 2. The van der Waals surface area contributed by atoms with Gasteiger partial charge in [-0.15, -0.1) is 0 Å². The third-order valence-electron chi connectivity index (χ3n) is 4.86. The van der Waals surface area contributed by atoms with Crippen molar-refractivity contribution < 1.29 is 9.59 Å². The van der Waals surface area contributed by atoms with Gasteiger partial charge in [-0.2, -0.15) is 0 Å². The maximum absolute atomic E-state index is 13.2. The van der Waals surface area contributed by atoms with Crippen LogP contribution in [0.3, 0.4) is 0 Å². The number of para-hydroxylation sites is 1. The molecule has 0 bridgehead atoms. The first kappa shape index (κ1) is 17.2. The van der Waals surface area contributed by atoms with Crippen molar-refractivity contribution in [2.24, 2.45) is 0 Å². The number of hydrogen-bond acceptors (Lipinski definition) is 4. The minimum Gasteiger partial charge on any atom is -0.363 e. The number of amides is 2. The molecule has 3 rings (SSSR count). The quantitative estimate of drug-likeness (QED) is 0.857. The Labute approximate surface area is 148 Å². The van der Waals surface area contributed by atoms with Crippen molar-refractivity contribution in [2.45, 2.75) is 18.9 Å². The number of piperidine rings is 1. The molecule has 0 saturated carbocycles. The van der Waals surface area contributed by atoms with Gasteiger partial charge in [0.1, 0.15) is 5.82 Å².